The maximum absolute atomic E-state index is 13.8. The summed E-state index contributed by atoms with van der Waals surface area (Å²) >= 11 is 0. The van der Waals surface area contributed by atoms with Crippen molar-refractivity contribution >= 4 is 5.91 Å². The summed E-state index contributed by atoms with van der Waals surface area (Å²) in [5, 5.41) is 2.66. The smallest absolute Gasteiger partial charge is 0.399 e. The Morgan fingerprint density at radius 2 is 1.90 bits per heavy atom. The van der Waals surface area contributed by atoms with E-state index in [2.05, 4.69) is 16.4 Å². The van der Waals surface area contributed by atoms with Crippen molar-refractivity contribution in [3.05, 3.63) is 76.7 Å². The third-order valence-corrected chi connectivity index (χ3v) is 5.76. The van der Waals surface area contributed by atoms with Gasteiger partial charge < -0.3 is 14.5 Å². The Hall–Kier alpha value is -3.22. The molecule has 162 valence electrons. The van der Waals surface area contributed by atoms with Gasteiger partial charge in [-0.2, -0.15) is 4.98 Å². The number of oxazole rings is 1. The van der Waals surface area contributed by atoms with Gasteiger partial charge >= 0.3 is 6.08 Å². The second-order valence-electron chi connectivity index (χ2n) is 7.96. The molecule has 1 aliphatic rings. The number of nitrogens with one attached hydrogen (secondary N) is 1. The van der Waals surface area contributed by atoms with Crippen molar-refractivity contribution in [2.24, 2.45) is 0 Å². The maximum atomic E-state index is 13.8. The Morgan fingerprint density at radius 1 is 1.19 bits per heavy atom. The predicted molar refractivity (Wildman–Crippen MR) is 111 cm³/mol. The number of aromatic nitrogens is 1. The highest BCUT2D eigenvalue weighted by Gasteiger charge is 2.20. The summed E-state index contributed by atoms with van der Waals surface area (Å²) in [6.07, 6.45) is 5.99. The number of carbonyl (C=O) groups is 1. The molecule has 0 aliphatic heterocycles. The van der Waals surface area contributed by atoms with Crippen molar-refractivity contribution in [2.75, 3.05) is 0 Å². The van der Waals surface area contributed by atoms with Gasteiger partial charge in [-0.1, -0.05) is 25.0 Å². The molecule has 31 heavy (non-hydrogen) atoms. The lowest BCUT2D eigenvalue weighted by atomic mass is 9.98. The molecular formula is C24H24F2N2O3. The summed E-state index contributed by atoms with van der Waals surface area (Å²) in [6, 6.07) is 9.60. The van der Waals surface area contributed by atoms with Gasteiger partial charge in [0.2, 0.25) is 0 Å². The fourth-order valence-corrected chi connectivity index (χ4v) is 3.87. The first-order chi connectivity index (χ1) is 14.9. The average molecular weight is 426 g/mol. The fraction of sp³-hybridized carbons (Fsp3) is 0.333. The summed E-state index contributed by atoms with van der Waals surface area (Å²) in [4.78, 5) is 16.6. The number of carbonyl (C=O) groups excluding carboxylic acids is 1. The highest BCUT2D eigenvalue weighted by Crippen LogP contribution is 2.35. The van der Waals surface area contributed by atoms with E-state index >= 15 is 0 Å². The van der Waals surface area contributed by atoms with E-state index in [4.69, 9.17) is 9.15 Å². The van der Waals surface area contributed by atoms with E-state index in [0.717, 1.165) is 0 Å². The van der Waals surface area contributed by atoms with Crippen molar-refractivity contribution < 1.29 is 22.7 Å². The van der Waals surface area contributed by atoms with E-state index < -0.39 is 23.6 Å². The SMILES string of the molecule is Cc1c(F)cc([C@@H](C)NC(=O)c2coc(Oc3cccc(C4CCCC4)c3)n2)cc1F. The van der Waals surface area contributed by atoms with Crippen LogP contribution in [0.2, 0.25) is 0 Å². The molecule has 1 heterocycles. The molecule has 7 heteroatoms. The Bertz CT molecular complexity index is 1070. The topological polar surface area (TPSA) is 64.4 Å². The van der Waals surface area contributed by atoms with E-state index in [1.165, 1.54) is 56.6 Å². The first-order valence-electron chi connectivity index (χ1n) is 10.4. The van der Waals surface area contributed by atoms with Gasteiger partial charge in [-0.25, -0.2) is 8.78 Å². The Labute approximate surface area is 179 Å². The third kappa shape index (κ3) is 4.76. The number of nitrogens with zero attached hydrogens (tertiary/aromatic N) is 1. The minimum atomic E-state index is -0.659. The lowest BCUT2D eigenvalue weighted by Gasteiger charge is -2.14. The van der Waals surface area contributed by atoms with Crippen LogP contribution in [0.3, 0.4) is 0 Å². The van der Waals surface area contributed by atoms with Crippen LogP contribution in [0, 0.1) is 18.6 Å². The molecule has 0 unspecified atom stereocenters. The first kappa shape index (κ1) is 21.0. The molecule has 4 rings (SSSR count). The molecule has 5 nitrogen and oxygen atoms in total. The second kappa shape index (κ2) is 8.88. The average Bonchev–Trinajstić information content (AvgIpc) is 3.44. The molecule has 0 bridgehead atoms. The zero-order chi connectivity index (χ0) is 22.0. The zero-order valence-corrected chi connectivity index (χ0v) is 17.5. The maximum Gasteiger partial charge on any atom is 0.399 e. The Kier molecular flexibility index (Phi) is 6.02. The lowest BCUT2D eigenvalue weighted by molar-refractivity contribution is 0.0934. The molecule has 2 aromatic carbocycles. The van der Waals surface area contributed by atoms with Crippen LogP contribution in [0.25, 0.3) is 0 Å². The Morgan fingerprint density at radius 3 is 2.61 bits per heavy atom. The Balaban J connectivity index is 1.41. The number of hydrogen-bond donors (Lipinski definition) is 1. The number of ether oxygens (including phenoxy) is 1. The number of halogens is 2. The summed E-state index contributed by atoms with van der Waals surface area (Å²) < 4.78 is 38.6. The molecule has 1 atom stereocenters. The predicted octanol–water partition coefficient (Wildman–Crippen LogP) is 6.20. The van der Waals surface area contributed by atoms with Crippen molar-refractivity contribution in [1.82, 2.24) is 10.3 Å². The normalized spacial score (nSPS) is 15.1. The standard InChI is InChI=1S/C24H24F2N2O3/c1-14-20(25)11-18(12-21(14)26)15(2)27-23(29)22-13-30-24(28-22)31-19-9-5-8-17(10-19)16-6-3-4-7-16/h5,8-13,15-16H,3-4,6-7H2,1-2H3,(H,27,29)/t15-/m1/s1. The van der Waals surface area contributed by atoms with Gasteiger partial charge in [0.1, 0.15) is 23.6 Å². The molecule has 1 aromatic heterocycles. The van der Waals surface area contributed by atoms with Crippen LogP contribution < -0.4 is 10.1 Å². The molecule has 1 N–H and O–H groups in total. The van der Waals surface area contributed by atoms with E-state index in [0.29, 0.717) is 17.2 Å². The van der Waals surface area contributed by atoms with Gasteiger partial charge in [-0.05, 0) is 68.0 Å². The van der Waals surface area contributed by atoms with Gasteiger partial charge in [0, 0.05) is 5.56 Å². The largest absolute Gasteiger partial charge is 0.416 e. The van der Waals surface area contributed by atoms with Crippen molar-refractivity contribution in [3.63, 3.8) is 0 Å². The van der Waals surface area contributed by atoms with Gasteiger partial charge in [0.15, 0.2) is 5.69 Å². The molecule has 0 radical (unpaired) electrons. The molecule has 1 saturated carbocycles. The molecule has 1 fully saturated rings. The van der Waals surface area contributed by atoms with Gasteiger partial charge in [-0.15, -0.1) is 0 Å². The molecule has 3 aromatic rings. The quantitative estimate of drug-likeness (QED) is 0.510. The van der Waals surface area contributed by atoms with E-state index in [9.17, 15) is 13.6 Å². The fourth-order valence-electron chi connectivity index (χ4n) is 3.87. The number of amides is 1. The minimum absolute atomic E-state index is 0.0156. The van der Waals surface area contributed by atoms with Gasteiger partial charge in [0.25, 0.3) is 5.91 Å². The van der Waals surface area contributed by atoms with Crippen LogP contribution in [0.5, 0.6) is 11.8 Å². The van der Waals surface area contributed by atoms with Crippen LogP contribution >= 0.6 is 0 Å². The summed E-state index contributed by atoms with van der Waals surface area (Å²) in [5.74, 6) is -0.710. The van der Waals surface area contributed by atoms with E-state index in [-0.39, 0.29) is 17.3 Å². The summed E-state index contributed by atoms with van der Waals surface area (Å²) in [6.45, 7) is 2.99. The van der Waals surface area contributed by atoms with Crippen LogP contribution in [0.4, 0.5) is 8.78 Å². The van der Waals surface area contributed by atoms with Gasteiger partial charge in [0.05, 0.1) is 6.04 Å². The zero-order valence-electron chi connectivity index (χ0n) is 17.5. The monoisotopic (exact) mass is 426 g/mol. The second-order valence-corrected chi connectivity index (χ2v) is 7.96. The highest BCUT2D eigenvalue weighted by molar-refractivity contribution is 5.92. The number of rotatable bonds is 6. The van der Waals surface area contributed by atoms with Crippen LogP contribution in [-0.4, -0.2) is 10.9 Å². The van der Waals surface area contributed by atoms with Gasteiger partial charge in [-0.3, -0.25) is 4.79 Å². The van der Waals surface area contributed by atoms with Crippen molar-refractivity contribution in [2.45, 2.75) is 51.5 Å². The molecule has 1 amide bonds. The lowest BCUT2D eigenvalue weighted by Crippen LogP contribution is -2.27. The molecule has 0 spiro atoms. The van der Waals surface area contributed by atoms with E-state index in [1.54, 1.807) is 6.92 Å². The van der Waals surface area contributed by atoms with Crippen molar-refractivity contribution in [1.29, 1.82) is 0 Å². The number of hydrogen-bond acceptors (Lipinski definition) is 4. The summed E-state index contributed by atoms with van der Waals surface area (Å²) in [7, 11) is 0. The number of benzene rings is 2. The molecule has 0 saturated heterocycles. The highest BCUT2D eigenvalue weighted by atomic mass is 19.1. The third-order valence-electron chi connectivity index (χ3n) is 5.76. The van der Waals surface area contributed by atoms with Crippen molar-refractivity contribution in [3.8, 4) is 11.8 Å². The molecule has 1 aliphatic carbocycles. The minimum Gasteiger partial charge on any atom is -0.416 e. The molecular weight excluding hydrogens is 402 g/mol. The first-order valence-corrected chi connectivity index (χ1v) is 10.4. The van der Waals surface area contributed by atoms with Crippen LogP contribution in [0.15, 0.2) is 47.1 Å². The van der Waals surface area contributed by atoms with Crippen LogP contribution in [-0.2, 0) is 0 Å². The van der Waals surface area contributed by atoms with E-state index in [1.807, 2.05) is 18.2 Å². The summed E-state index contributed by atoms with van der Waals surface area (Å²) in [5.41, 5.74) is 1.50. The van der Waals surface area contributed by atoms with Crippen LogP contribution in [0.1, 0.15) is 71.7 Å².